The summed E-state index contributed by atoms with van der Waals surface area (Å²) in [6.45, 7) is 6.56. The molecular formula is C17H23N3. The van der Waals surface area contributed by atoms with Gasteiger partial charge in [-0.2, -0.15) is 0 Å². The topological polar surface area (TPSA) is 29.9 Å². The molecule has 1 aromatic heterocycles. The Kier molecular flexibility index (Phi) is 3.88. The van der Waals surface area contributed by atoms with Crippen LogP contribution in [0.1, 0.15) is 49.4 Å². The van der Waals surface area contributed by atoms with Gasteiger partial charge in [0, 0.05) is 24.4 Å². The van der Waals surface area contributed by atoms with Gasteiger partial charge in [0.15, 0.2) is 0 Å². The summed E-state index contributed by atoms with van der Waals surface area (Å²) in [6.07, 6.45) is 7.45. The van der Waals surface area contributed by atoms with Gasteiger partial charge in [0.05, 0.1) is 12.0 Å². The number of nitrogens with one attached hydrogen (secondary N) is 1. The molecule has 2 heterocycles. The summed E-state index contributed by atoms with van der Waals surface area (Å²) in [6, 6.07) is 6.66. The summed E-state index contributed by atoms with van der Waals surface area (Å²) in [5, 5.41) is 3.49. The van der Waals surface area contributed by atoms with Crippen molar-refractivity contribution in [2.45, 2.75) is 45.6 Å². The standard InChI is InChI=1S/C17H23N3/c1-3-13(4-2)17-11-19-12-20(17)16-7-5-6-14-8-9-18-10-15(14)16/h5-7,11-13,18H,3-4,8-10H2,1-2H3. The van der Waals surface area contributed by atoms with E-state index in [4.69, 9.17) is 0 Å². The number of hydrogen-bond acceptors (Lipinski definition) is 2. The number of benzene rings is 1. The second-order valence-electron chi connectivity index (χ2n) is 5.54. The van der Waals surface area contributed by atoms with Crippen LogP contribution >= 0.6 is 0 Å². The minimum Gasteiger partial charge on any atom is -0.312 e. The number of rotatable bonds is 4. The van der Waals surface area contributed by atoms with Crippen LogP contribution in [0, 0.1) is 0 Å². The smallest absolute Gasteiger partial charge is 0.0994 e. The van der Waals surface area contributed by atoms with Crippen LogP contribution in [-0.2, 0) is 13.0 Å². The number of aromatic nitrogens is 2. The Morgan fingerprint density at radius 3 is 2.95 bits per heavy atom. The van der Waals surface area contributed by atoms with Crippen LogP contribution in [0.25, 0.3) is 5.69 Å². The first-order valence-electron chi connectivity index (χ1n) is 7.69. The van der Waals surface area contributed by atoms with Crippen molar-refractivity contribution in [3.63, 3.8) is 0 Å². The fourth-order valence-electron chi connectivity index (χ4n) is 3.24. The number of hydrogen-bond donors (Lipinski definition) is 1. The molecule has 1 N–H and O–H groups in total. The summed E-state index contributed by atoms with van der Waals surface area (Å²) in [5.74, 6) is 0.588. The number of imidazole rings is 1. The Morgan fingerprint density at radius 2 is 2.15 bits per heavy atom. The molecule has 1 aliphatic heterocycles. The van der Waals surface area contributed by atoms with E-state index in [1.54, 1.807) is 0 Å². The van der Waals surface area contributed by atoms with Gasteiger partial charge in [-0.05, 0) is 43.0 Å². The molecule has 3 nitrogen and oxygen atoms in total. The van der Waals surface area contributed by atoms with Crippen LogP contribution in [-0.4, -0.2) is 16.1 Å². The van der Waals surface area contributed by atoms with Crippen molar-refractivity contribution in [2.24, 2.45) is 0 Å². The molecule has 0 saturated heterocycles. The summed E-state index contributed by atoms with van der Waals surface area (Å²) >= 11 is 0. The zero-order valence-electron chi connectivity index (χ0n) is 12.4. The predicted octanol–water partition coefficient (Wildman–Crippen LogP) is 3.42. The molecule has 3 rings (SSSR count). The van der Waals surface area contributed by atoms with Gasteiger partial charge in [-0.1, -0.05) is 26.0 Å². The second-order valence-corrected chi connectivity index (χ2v) is 5.54. The van der Waals surface area contributed by atoms with E-state index in [1.807, 2.05) is 12.5 Å². The monoisotopic (exact) mass is 269 g/mol. The Labute approximate surface area is 121 Å². The molecule has 3 heteroatoms. The summed E-state index contributed by atoms with van der Waals surface area (Å²) in [7, 11) is 0. The van der Waals surface area contributed by atoms with Crippen LogP contribution in [0.3, 0.4) is 0 Å². The molecule has 0 bridgehead atoms. The molecule has 0 unspecified atom stereocenters. The maximum Gasteiger partial charge on any atom is 0.0994 e. The minimum atomic E-state index is 0.588. The molecule has 20 heavy (non-hydrogen) atoms. The lowest BCUT2D eigenvalue weighted by Crippen LogP contribution is -2.25. The van der Waals surface area contributed by atoms with Gasteiger partial charge in [0.25, 0.3) is 0 Å². The van der Waals surface area contributed by atoms with Crippen molar-refractivity contribution in [2.75, 3.05) is 6.54 Å². The normalized spacial score (nSPS) is 14.6. The minimum absolute atomic E-state index is 0.588. The van der Waals surface area contributed by atoms with Crippen molar-refractivity contribution in [1.82, 2.24) is 14.9 Å². The zero-order chi connectivity index (χ0) is 13.9. The zero-order valence-corrected chi connectivity index (χ0v) is 12.4. The maximum absolute atomic E-state index is 4.41. The third-order valence-corrected chi connectivity index (χ3v) is 4.45. The van der Waals surface area contributed by atoms with Crippen molar-refractivity contribution < 1.29 is 0 Å². The Bertz CT molecular complexity index is 582. The fraction of sp³-hybridized carbons (Fsp3) is 0.471. The van der Waals surface area contributed by atoms with E-state index < -0.39 is 0 Å². The van der Waals surface area contributed by atoms with Crippen molar-refractivity contribution >= 4 is 0 Å². The lowest BCUT2D eigenvalue weighted by atomic mass is 9.97. The molecule has 106 valence electrons. The first-order chi connectivity index (χ1) is 9.85. The lowest BCUT2D eigenvalue weighted by molar-refractivity contribution is 0.605. The molecule has 0 saturated carbocycles. The highest BCUT2D eigenvalue weighted by atomic mass is 15.1. The Balaban J connectivity index is 2.08. The van der Waals surface area contributed by atoms with Gasteiger partial charge in [-0.25, -0.2) is 4.98 Å². The van der Waals surface area contributed by atoms with Crippen molar-refractivity contribution in [3.05, 3.63) is 47.5 Å². The molecule has 1 aromatic carbocycles. The summed E-state index contributed by atoms with van der Waals surface area (Å²) in [4.78, 5) is 4.41. The third kappa shape index (κ3) is 2.27. The SMILES string of the molecule is CCC(CC)c1cncn1-c1cccc2c1CNCC2. The molecular weight excluding hydrogens is 246 g/mol. The van der Waals surface area contributed by atoms with Gasteiger partial charge in [0.1, 0.15) is 0 Å². The third-order valence-electron chi connectivity index (χ3n) is 4.45. The number of fused-ring (bicyclic) bond motifs is 1. The van der Waals surface area contributed by atoms with E-state index in [9.17, 15) is 0 Å². The number of nitrogens with zero attached hydrogens (tertiary/aromatic N) is 2. The van der Waals surface area contributed by atoms with Crippen LogP contribution in [0.2, 0.25) is 0 Å². The van der Waals surface area contributed by atoms with Gasteiger partial charge in [0.2, 0.25) is 0 Å². The first kappa shape index (κ1) is 13.4. The summed E-state index contributed by atoms with van der Waals surface area (Å²) < 4.78 is 2.30. The predicted molar refractivity (Wildman–Crippen MR) is 82.3 cm³/mol. The van der Waals surface area contributed by atoms with E-state index in [0.29, 0.717) is 5.92 Å². The van der Waals surface area contributed by atoms with E-state index in [2.05, 4.69) is 46.9 Å². The van der Waals surface area contributed by atoms with Crippen molar-refractivity contribution in [3.8, 4) is 5.69 Å². The summed E-state index contributed by atoms with van der Waals surface area (Å²) in [5.41, 5.74) is 5.55. The highest BCUT2D eigenvalue weighted by Crippen LogP contribution is 2.28. The van der Waals surface area contributed by atoms with E-state index in [-0.39, 0.29) is 0 Å². The van der Waals surface area contributed by atoms with Crippen LogP contribution in [0.15, 0.2) is 30.7 Å². The highest BCUT2D eigenvalue weighted by Gasteiger charge is 2.18. The van der Waals surface area contributed by atoms with Crippen LogP contribution < -0.4 is 5.32 Å². The molecule has 2 aromatic rings. The van der Waals surface area contributed by atoms with Crippen LogP contribution in [0.4, 0.5) is 0 Å². The largest absolute Gasteiger partial charge is 0.312 e. The highest BCUT2D eigenvalue weighted by molar-refractivity contribution is 5.48. The van der Waals surface area contributed by atoms with E-state index in [0.717, 1.165) is 32.4 Å². The Morgan fingerprint density at radius 1 is 1.30 bits per heavy atom. The van der Waals surface area contributed by atoms with E-state index >= 15 is 0 Å². The van der Waals surface area contributed by atoms with Gasteiger partial charge in [-0.15, -0.1) is 0 Å². The molecule has 0 radical (unpaired) electrons. The average Bonchev–Trinajstić information content (AvgIpc) is 2.97. The lowest BCUT2D eigenvalue weighted by Gasteiger charge is -2.23. The van der Waals surface area contributed by atoms with Crippen LogP contribution in [0.5, 0.6) is 0 Å². The van der Waals surface area contributed by atoms with Gasteiger partial charge < -0.3 is 9.88 Å². The van der Waals surface area contributed by atoms with Crippen molar-refractivity contribution in [1.29, 1.82) is 0 Å². The Hall–Kier alpha value is -1.61. The molecule has 0 amide bonds. The fourth-order valence-corrected chi connectivity index (χ4v) is 3.24. The first-order valence-corrected chi connectivity index (χ1v) is 7.69. The van der Waals surface area contributed by atoms with E-state index in [1.165, 1.54) is 22.5 Å². The molecule has 1 aliphatic rings. The second kappa shape index (κ2) is 5.80. The maximum atomic E-state index is 4.41. The quantitative estimate of drug-likeness (QED) is 0.921. The average molecular weight is 269 g/mol. The molecule has 0 aliphatic carbocycles. The molecule has 0 fully saturated rings. The van der Waals surface area contributed by atoms with Gasteiger partial charge in [-0.3, -0.25) is 0 Å². The molecule has 0 spiro atoms. The molecule has 0 atom stereocenters. The van der Waals surface area contributed by atoms with Gasteiger partial charge >= 0.3 is 0 Å².